The number of aromatic nitrogens is 2. The molecule has 2 rings (SSSR count). The second-order valence-corrected chi connectivity index (χ2v) is 6.29. The van der Waals surface area contributed by atoms with Crippen molar-refractivity contribution in [3.05, 3.63) is 18.0 Å². The van der Waals surface area contributed by atoms with E-state index < -0.39 is 11.4 Å². The van der Waals surface area contributed by atoms with Gasteiger partial charge in [0.1, 0.15) is 0 Å². The average molecular weight is 279 g/mol. The third-order valence-electron chi connectivity index (χ3n) is 4.47. The third-order valence-corrected chi connectivity index (χ3v) is 4.47. The van der Waals surface area contributed by atoms with Crippen LogP contribution in [-0.2, 0) is 11.3 Å². The van der Waals surface area contributed by atoms with Gasteiger partial charge in [-0.15, -0.1) is 0 Å². The molecule has 0 spiro atoms. The average Bonchev–Trinajstić information content (AvgIpc) is 3.01. The molecule has 0 radical (unpaired) electrons. The molecule has 1 heterocycles. The molecule has 0 bridgehead atoms. The summed E-state index contributed by atoms with van der Waals surface area (Å²) in [5, 5.41) is 14.1. The van der Waals surface area contributed by atoms with Gasteiger partial charge in [-0.3, -0.25) is 9.48 Å². The molecule has 1 atom stereocenters. The summed E-state index contributed by atoms with van der Waals surface area (Å²) in [7, 11) is 0. The molecule has 1 saturated carbocycles. The van der Waals surface area contributed by atoms with E-state index in [4.69, 9.17) is 5.73 Å². The highest BCUT2D eigenvalue weighted by atomic mass is 16.4. The van der Waals surface area contributed by atoms with Crippen LogP contribution in [0, 0.1) is 11.3 Å². The summed E-state index contributed by atoms with van der Waals surface area (Å²) < 4.78 is 1.94. The van der Waals surface area contributed by atoms with Crippen molar-refractivity contribution in [3.8, 4) is 0 Å². The van der Waals surface area contributed by atoms with Crippen molar-refractivity contribution in [1.29, 1.82) is 0 Å². The molecule has 1 aliphatic carbocycles. The van der Waals surface area contributed by atoms with Gasteiger partial charge in [-0.2, -0.15) is 5.10 Å². The number of nitrogens with two attached hydrogens (primary N) is 1. The van der Waals surface area contributed by atoms with Crippen molar-refractivity contribution in [3.63, 3.8) is 0 Å². The molecular weight excluding hydrogens is 254 g/mol. The number of carbonyl (C=O) groups is 1. The molecule has 0 saturated heterocycles. The van der Waals surface area contributed by atoms with Crippen LogP contribution < -0.4 is 5.73 Å². The summed E-state index contributed by atoms with van der Waals surface area (Å²) in [6, 6.07) is 1.93. The molecule has 0 unspecified atom stereocenters. The fourth-order valence-corrected chi connectivity index (χ4v) is 3.48. The third kappa shape index (κ3) is 2.59. The fourth-order valence-electron chi connectivity index (χ4n) is 3.48. The van der Waals surface area contributed by atoms with Gasteiger partial charge in [0.25, 0.3) is 0 Å². The minimum Gasteiger partial charge on any atom is -0.481 e. The number of nitrogens with zero attached hydrogens (tertiary/aromatic N) is 2. The zero-order valence-electron chi connectivity index (χ0n) is 12.4. The standard InChI is InChI=1S/C15H25N3O2/c1-11(2)10-18-13(5-8-17-18)12(9-16)15(14(19)20)6-3-4-7-15/h5,8,11-12H,3-4,6-7,9-10,16H2,1-2H3,(H,19,20)/t12-/m0/s1. The van der Waals surface area contributed by atoms with Crippen molar-refractivity contribution in [2.24, 2.45) is 17.1 Å². The Bertz CT molecular complexity index is 461. The highest BCUT2D eigenvalue weighted by Crippen LogP contribution is 2.48. The molecular formula is C15H25N3O2. The smallest absolute Gasteiger partial charge is 0.310 e. The van der Waals surface area contributed by atoms with E-state index in [2.05, 4.69) is 18.9 Å². The van der Waals surface area contributed by atoms with Gasteiger partial charge in [-0.25, -0.2) is 0 Å². The molecule has 5 heteroatoms. The van der Waals surface area contributed by atoms with Crippen LogP contribution in [0.5, 0.6) is 0 Å². The normalized spacial score (nSPS) is 19.4. The minimum absolute atomic E-state index is 0.149. The maximum Gasteiger partial charge on any atom is 0.310 e. The van der Waals surface area contributed by atoms with Crippen molar-refractivity contribution in [2.75, 3.05) is 6.54 Å². The predicted molar refractivity (Wildman–Crippen MR) is 77.4 cm³/mol. The molecule has 1 aromatic heterocycles. The maximum absolute atomic E-state index is 11.9. The van der Waals surface area contributed by atoms with E-state index in [1.807, 2.05) is 10.7 Å². The monoisotopic (exact) mass is 279 g/mol. The molecule has 112 valence electrons. The Morgan fingerprint density at radius 3 is 2.65 bits per heavy atom. The summed E-state index contributed by atoms with van der Waals surface area (Å²) in [5.41, 5.74) is 6.23. The van der Waals surface area contributed by atoms with Crippen LogP contribution in [0.4, 0.5) is 0 Å². The van der Waals surface area contributed by atoms with E-state index in [-0.39, 0.29) is 5.92 Å². The lowest BCUT2D eigenvalue weighted by Crippen LogP contribution is -2.39. The van der Waals surface area contributed by atoms with Crippen LogP contribution in [0.25, 0.3) is 0 Å². The van der Waals surface area contributed by atoms with Crippen LogP contribution in [-0.4, -0.2) is 27.4 Å². The fraction of sp³-hybridized carbons (Fsp3) is 0.733. The van der Waals surface area contributed by atoms with Gasteiger partial charge < -0.3 is 10.8 Å². The summed E-state index contributed by atoms with van der Waals surface area (Å²) >= 11 is 0. The first-order chi connectivity index (χ1) is 9.51. The molecule has 0 amide bonds. The predicted octanol–water partition coefficient (Wildman–Crippen LogP) is 2.23. The molecule has 0 aliphatic heterocycles. The Kier molecular flexibility index (Phi) is 4.48. The molecule has 20 heavy (non-hydrogen) atoms. The van der Waals surface area contributed by atoms with Crippen molar-refractivity contribution < 1.29 is 9.90 Å². The Hall–Kier alpha value is -1.36. The summed E-state index contributed by atoms with van der Waals surface area (Å²) in [6.45, 7) is 5.42. The van der Waals surface area contributed by atoms with Gasteiger partial charge in [-0.1, -0.05) is 26.7 Å². The first-order valence-corrected chi connectivity index (χ1v) is 7.46. The lowest BCUT2D eigenvalue weighted by molar-refractivity contribution is -0.150. The Balaban J connectivity index is 2.36. The van der Waals surface area contributed by atoms with E-state index >= 15 is 0 Å². The number of hydrogen-bond acceptors (Lipinski definition) is 3. The van der Waals surface area contributed by atoms with E-state index in [1.165, 1.54) is 0 Å². The Labute approximate surface area is 120 Å². The van der Waals surface area contributed by atoms with Gasteiger partial charge in [0.2, 0.25) is 0 Å². The van der Waals surface area contributed by atoms with Crippen molar-refractivity contribution in [1.82, 2.24) is 9.78 Å². The molecule has 1 aliphatic rings. The summed E-state index contributed by atoms with van der Waals surface area (Å²) in [5.74, 6) is -0.386. The largest absolute Gasteiger partial charge is 0.481 e. The zero-order chi connectivity index (χ0) is 14.8. The molecule has 5 nitrogen and oxygen atoms in total. The van der Waals surface area contributed by atoms with Gasteiger partial charge in [0.15, 0.2) is 0 Å². The van der Waals surface area contributed by atoms with Crippen LogP contribution >= 0.6 is 0 Å². The van der Waals surface area contributed by atoms with E-state index in [0.717, 1.165) is 37.9 Å². The van der Waals surface area contributed by atoms with Crippen LogP contribution in [0.15, 0.2) is 12.3 Å². The van der Waals surface area contributed by atoms with E-state index in [9.17, 15) is 9.90 Å². The lowest BCUT2D eigenvalue weighted by Gasteiger charge is -2.33. The van der Waals surface area contributed by atoms with Gasteiger partial charge in [0.05, 0.1) is 5.41 Å². The van der Waals surface area contributed by atoms with Crippen LogP contribution in [0.3, 0.4) is 0 Å². The quantitative estimate of drug-likeness (QED) is 0.836. The van der Waals surface area contributed by atoms with Gasteiger partial charge in [0, 0.05) is 30.9 Å². The second-order valence-electron chi connectivity index (χ2n) is 6.29. The number of carboxylic acids is 1. The van der Waals surface area contributed by atoms with E-state index in [1.54, 1.807) is 6.20 Å². The molecule has 1 aromatic rings. The number of aliphatic carboxylic acids is 1. The number of carboxylic acid groups (broad SMARTS) is 1. The van der Waals surface area contributed by atoms with Crippen molar-refractivity contribution in [2.45, 2.75) is 52.0 Å². The van der Waals surface area contributed by atoms with E-state index in [0.29, 0.717) is 12.5 Å². The highest BCUT2D eigenvalue weighted by Gasteiger charge is 2.48. The first kappa shape index (κ1) is 15.0. The maximum atomic E-state index is 11.9. The van der Waals surface area contributed by atoms with Crippen molar-refractivity contribution >= 4 is 5.97 Å². The minimum atomic E-state index is -0.706. The molecule has 3 N–H and O–H groups in total. The summed E-state index contributed by atoms with van der Waals surface area (Å²) in [4.78, 5) is 11.9. The zero-order valence-corrected chi connectivity index (χ0v) is 12.4. The van der Waals surface area contributed by atoms with Crippen LogP contribution in [0.2, 0.25) is 0 Å². The Morgan fingerprint density at radius 2 is 2.15 bits per heavy atom. The molecule has 1 fully saturated rings. The number of hydrogen-bond donors (Lipinski definition) is 2. The van der Waals surface area contributed by atoms with Crippen LogP contribution in [0.1, 0.15) is 51.1 Å². The Morgan fingerprint density at radius 1 is 1.50 bits per heavy atom. The second kappa shape index (κ2) is 5.95. The van der Waals surface area contributed by atoms with Gasteiger partial charge >= 0.3 is 5.97 Å². The number of rotatable bonds is 6. The highest BCUT2D eigenvalue weighted by molar-refractivity contribution is 5.76. The summed E-state index contributed by atoms with van der Waals surface area (Å²) in [6.07, 6.45) is 5.14. The molecule has 0 aromatic carbocycles. The SMILES string of the molecule is CC(C)Cn1nccc1[C@H](CN)C1(C(=O)O)CCCC1. The lowest BCUT2D eigenvalue weighted by atomic mass is 9.72. The first-order valence-electron chi connectivity index (χ1n) is 7.46. The topological polar surface area (TPSA) is 81.1 Å². The van der Waals surface area contributed by atoms with Gasteiger partial charge in [-0.05, 0) is 24.8 Å².